The molecule has 3 rings (SSSR count). The lowest BCUT2D eigenvalue weighted by Crippen LogP contribution is -2.23. The molecule has 5 heteroatoms. The molecule has 2 heterocycles. The van der Waals surface area contributed by atoms with E-state index < -0.39 is 0 Å². The number of nitrogens with zero attached hydrogens (tertiary/aromatic N) is 2. The van der Waals surface area contributed by atoms with Crippen LogP contribution >= 0.6 is 0 Å². The van der Waals surface area contributed by atoms with Gasteiger partial charge in [0.05, 0.1) is 11.8 Å². The number of carbonyl (C=O) groups is 1. The monoisotopic (exact) mass is 347 g/mol. The molecule has 1 amide bonds. The molecule has 0 spiro atoms. The van der Waals surface area contributed by atoms with E-state index in [1.165, 1.54) is 0 Å². The first-order valence-corrected chi connectivity index (χ1v) is 8.52. The van der Waals surface area contributed by atoms with Gasteiger partial charge in [-0.15, -0.1) is 0 Å². The first-order chi connectivity index (χ1) is 12.6. The van der Waals surface area contributed by atoms with Crippen LogP contribution in [0.1, 0.15) is 29.8 Å². The second kappa shape index (κ2) is 8.25. The van der Waals surface area contributed by atoms with E-state index in [1.54, 1.807) is 42.9 Å². The number of rotatable bonds is 6. The second-order valence-electron chi connectivity index (χ2n) is 6.12. The number of aromatic nitrogens is 2. The number of amides is 1. The quantitative estimate of drug-likeness (QED) is 0.735. The molecule has 0 radical (unpaired) electrons. The molecule has 1 N–H and O–H groups in total. The van der Waals surface area contributed by atoms with Crippen molar-refractivity contribution in [3.8, 4) is 17.0 Å². The van der Waals surface area contributed by atoms with Crippen molar-refractivity contribution in [1.82, 2.24) is 15.3 Å². The van der Waals surface area contributed by atoms with Crippen molar-refractivity contribution in [1.29, 1.82) is 0 Å². The summed E-state index contributed by atoms with van der Waals surface area (Å²) in [6.07, 6.45) is 5.31. The SMILES string of the molecule is CC(C)Oc1ccc(C(=O)NCc2cccnc2-c2ccncc2)cc1. The third kappa shape index (κ3) is 4.45. The van der Waals surface area contributed by atoms with Gasteiger partial charge in [0.2, 0.25) is 0 Å². The Balaban J connectivity index is 1.69. The van der Waals surface area contributed by atoms with E-state index >= 15 is 0 Å². The Labute approximate surface area is 153 Å². The van der Waals surface area contributed by atoms with Crippen molar-refractivity contribution >= 4 is 5.91 Å². The van der Waals surface area contributed by atoms with Crippen LogP contribution in [0.15, 0.2) is 67.1 Å². The van der Waals surface area contributed by atoms with Gasteiger partial charge in [-0.2, -0.15) is 0 Å². The van der Waals surface area contributed by atoms with Crippen LogP contribution in [-0.4, -0.2) is 22.0 Å². The zero-order chi connectivity index (χ0) is 18.4. The molecule has 0 unspecified atom stereocenters. The Morgan fingerprint density at radius 3 is 2.46 bits per heavy atom. The molecular weight excluding hydrogens is 326 g/mol. The summed E-state index contributed by atoms with van der Waals surface area (Å²) in [6.45, 7) is 4.33. The van der Waals surface area contributed by atoms with Crippen molar-refractivity contribution < 1.29 is 9.53 Å². The van der Waals surface area contributed by atoms with E-state index in [-0.39, 0.29) is 12.0 Å². The second-order valence-corrected chi connectivity index (χ2v) is 6.12. The van der Waals surface area contributed by atoms with Gasteiger partial charge in [0, 0.05) is 36.3 Å². The fourth-order valence-electron chi connectivity index (χ4n) is 2.59. The summed E-state index contributed by atoms with van der Waals surface area (Å²) < 4.78 is 5.60. The fraction of sp³-hybridized carbons (Fsp3) is 0.190. The largest absolute Gasteiger partial charge is 0.491 e. The number of carbonyl (C=O) groups excluding carboxylic acids is 1. The maximum atomic E-state index is 12.4. The Morgan fingerprint density at radius 1 is 1.04 bits per heavy atom. The van der Waals surface area contributed by atoms with E-state index in [1.807, 2.05) is 38.1 Å². The fourth-order valence-corrected chi connectivity index (χ4v) is 2.59. The lowest BCUT2D eigenvalue weighted by Gasteiger charge is -2.11. The molecule has 0 atom stereocenters. The summed E-state index contributed by atoms with van der Waals surface area (Å²) in [5, 5.41) is 2.95. The number of ether oxygens (including phenoxy) is 1. The summed E-state index contributed by atoms with van der Waals surface area (Å²) in [5.41, 5.74) is 3.36. The topological polar surface area (TPSA) is 64.1 Å². The van der Waals surface area contributed by atoms with E-state index in [0.717, 1.165) is 22.6 Å². The number of benzene rings is 1. The molecule has 0 aliphatic rings. The van der Waals surface area contributed by atoms with Gasteiger partial charge >= 0.3 is 0 Å². The van der Waals surface area contributed by atoms with Crippen LogP contribution in [0.3, 0.4) is 0 Å². The molecule has 0 saturated heterocycles. The smallest absolute Gasteiger partial charge is 0.251 e. The lowest BCUT2D eigenvalue weighted by atomic mass is 10.1. The Kier molecular flexibility index (Phi) is 5.59. The zero-order valence-electron chi connectivity index (χ0n) is 14.8. The minimum atomic E-state index is -0.134. The normalized spacial score (nSPS) is 10.6. The van der Waals surface area contributed by atoms with Gasteiger partial charge in [-0.3, -0.25) is 14.8 Å². The highest BCUT2D eigenvalue weighted by molar-refractivity contribution is 5.94. The molecule has 3 aromatic rings. The van der Waals surface area contributed by atoms with E-state index in [2.05, 4.69) is 15.3 Å². The molecule has 0 aliphatic heterocycles. The molecule has 0 saturated carbocycles. The van der Waals surface area contributed by atoms with Gasteiger partial charge in [-0.25, -0.2) is 0 Å². The summed E-state index contributed by atoms with van der Waals surface area (Å²) in [5.74, 6) is 0.620. The van der Waals surface area contributed by atoms with Crippen molar-refractivity contribution in [2.45, 2.75) is 26.5 Å². The van der Waals surface area contributed by atoms with Crippen LogP contribution in [0.25, 0.3) is 11.3 Å². The lowest BCUT2D eigenvalue weighted by molar-refractivity contribution is 0.0951. The molecule has 0 fully saturated rings. The summed E-state index contributed by atoms with van der Waals surface area (Å²) >= 11 is 0. The number of pyridine rings is 2. The van der Waals surface area contributed by atoms with Gasteiger partial charge in [0.15, 0.2) is 0 Å². The summed E-state index contributed by atoms with van der Waals surface area (Å²) in [4.78, 5) is 20.9. The maximum Gasteiger partial charge on any atom is 0.251 e. The summed E-state index contributed by atoms with van der Waals surface area (Å²) in [7, 11) is 0. The minimum Gasteiger partial charge on any atom is -0.491 e. The first-order valence-electron chi connectivity index (χ1n) is 8.52. The van der Waals surface area contributed by atoms with Crippen LogP contribution in [0, 0.1) is 0 Å². The highest BCUT2D eigenvalue weighted by atomic mass is 16.5. The number of hydrogen-bond donors (Lipinski definition) is 1. The molecule has 132 valence electrons. The predicted molar refractivity (Wildman–Crippen MR) is 101 cm³/mol. The number of nitrogens with one attached hydrogen (secondary N) is 1. The van der Waals surface area contributed by atoms with Crippen LogP contribution in [-0.2, 0) is 6.54 Å². The molecule has 0 bridgehead atoms. The minimum absolute atomic E-state index is 0.104. The summed E-state index contributed by atoms with van der Waals surface area (Å²) in [6, 6.07) is 14.8. The molecular formula is C21H21N3O2. The maximum absolute atomic E-state index is 12.4. The van der Waals surface area contributed by atoms with Gasteiger partial charge in [0.1, 0.15) is 5.75 Å². The van der Waals surface area contributed by atoms with E-state index in [4.69, 9.17) is 4.74 Å². The van der Waals surface area contributed by atoms with Crippen LogP contribution in [0.2, 0.25) is 0 Å². The highest BCUT2D eigenvalue weighted by Gasteiger charge is 2.10. The standard InChI is InChI=1S/C21H21N3O2/c1-15(2)26-19-7-5-17(6-8-19)21(25)24-14-18-4-3-11-23-20(18)16-9-12-22-13-10-16/h3-13,15H,14H2,1-2H3,(H,24,25). The molecule has 0 aliphatic carbocycles. The average Bonchev–Trinajstić information content (AvgIpc) is 2.67. The van der Waals surface area contributed by atoms with Gasteiger partial charge in [-0.1, -0.05) is 6.07 Å². The van der Waals surface area contributed by atoms with E-state index in [0.29, 0.717) is 12.1 Å². The molecule has 26 heavy (non-hydrogen) atoms. The van der Waals surface area contributed by atoms with Crippen molar-refractivity contribution in [3.63, 3.8) is 0 Å². The van der Waals surface area contributed by atoms with Crippen molar-refractivity contribution in [2.24, 2.45) is 0 Å². The van der Waals surface area contributed by atoms with Crippen molar-refractivity contribution in [2.75, 3.05) is 0 Å². The van der Waals surface area contributed by atoms with Gasteiger partial charge in [0.25, 0.3) is 5.91 Å². The average molecular weight is 347 g/mol. The van der Waals surface area contributed by atoms with Gasteiger partial charge in [-0.05, 0) is 61.9 Å². The number of hydrogen-bond acceptors (Lipinski definition) is 4. The van der Waals surface area contributed by atoms with E-state index in [9.17, 15) is 4.79 Å². The van der Waals surface area contributed by atoms with Crippen LogP contribution in [0.5, 0.6) is 5.75 Å². The zero-order valence-corrected chi connectivity index (χ0v) is 14.8. The third-order valence-electron chi connectivity index (χ3n) is 3.77. The van der Waals surface area contributed by atoms with Crippen LogP contribution < -0.4 is 10.1 Å². The first kappa shape index (κ1) is 17.6. The molecule has 2 aromatic heterocycles. The molecule has 1 aromatic carbocycles. The predicted octanol–water partition coefficient (Wildman–Crippen LogP) is 3.86. The Hall–Kier alpha value is -3.21. The Bertz CT molecular complexity index is 862. The van der Waals surface area contributed by atoms with Crippen LogP contribution in [0.4, 0.5) is 0 Å². The third-order valence-corrected chi connectivity index (χ3v) is 3.77. The molecule has 5 nitrogen and oxygen atoms in total. The van der Waals surface area contributed by atoms with Crippen molar-refractivity contribution in [3.05, 3.63) is 78.2 Å². The Morgan fingerprint density at radius 2 is 1.77 bits per heavy atom. The van der Waals surface area contributed by atoms with Gasteiger partial charge < -0.3 is 10.1 Å². The highest BCUT2D eigenvalue weighted by Crippen LogP contribution is 2.20.